The minimum Gasteiger partial charge on any atom is -0.343 e. The molecule has 0 aromatic heterocycles. The second kappa shape index (κ2) is 9.87. The van der Waals surface area contributed by atoms with Crippen molar-refractivity contribution >= 4 is 28.3 Å². The highest BCUT2D eigenvalue weighted by molar-refractivity contribution is 7.89. The highest BCUT2D eigenvalue weighted by Crippen LogP contribution is 2.28. The lowest BCUT2D eigenvalue weighted by molar-refractivity contribution is -0.132. The molecule has 1 aliphatic carbocycles. The average Bonchev–Trinajstić information content (AvgIpc) is 3.49. The van der Waals surface area contributed by atoms with E-state index < -0.39 is 10.0 Å². The van der Waals surface area contributed by atoms with Gasteiger partial charge in [0.2, 0.25) is 15.9 Å². The van der Waals surface area contributed by atoms with E-state index in [-0.39, 0.29) is 23.2 Å². The molecule has 0 unspecified atom stereocenters. The Morgan fingerprint density at radius 2 is 1.74 bits per heavy atom. The molecule has 1 aliphatic heterocycles. The third-order valence-corrected chi connectivity index (χ3v) is 6.80. The summed E-state index contributed by atoms with van der Waals surface area (Å²) in [6, 6.07) is 7.30. The van der Waals surface area contributed by atoms with Gasteiger partial charge in [-0.2, -0.15) is 0 Å². The molecule has 27 heavy (non-hydrogen) atoms. The Balaban J connectivity index is 0.00000261. The van der Waals surface area contributed by atoms with Crippen molar-refractivity contribution in [3.8, 4) is 0 Å². The number of piperidine rings is 1. The molecule has 1 saturated heterocycles. The molecule has 2 N–H and O–H groups in total. The fourth-order valence-corrected chi connectivity index (χ4v) is 4.08. The second-order valence-corrected chi connectivity index (χ2v) is 9.24. The summed E-state index contributed by atoms with van der Waals surface area (Å²) in [5.41, 5.74) is 0.981. The smallest absolute Gasteiger partial charge is 0.240 e. The zero-order valence-electron chi connectivity index (χ0n) is 15.8. The first kappa shape index (κ1) is 22.1. The Kier molecular flexibility index (Phi) is 8.09. The molecule has 8 heteroatoms. The number of nitrogens with zero attached hydrogens (tertiary/aromatic N) is 1. The fraction of sp³-hybridized carbons (Fsp3) is 0.632. The van der Waals surface area contributed by atoms with Crippen LogP contribution in [0.4, 0.5) is 0 Å². The Hall–Kier alpha value is -1.15. The van der Waals surface area contributed by atoms with E-state index in [0.717, 1.165) is 44.0 Å². The predicted octanol–water partition coefficient (Wildman–Crippen LogP) is 1.94. The molecule has 152 valence electrons. The van der Waals surface area contributed by atoms with Crippen LogP contribution in [0.25, 0.3) is 0 Å². The zero-order valence-corrected chi connectivity index (χ0v) is 17.4. The van der Waals surface area contributed by atoms with Gasteiger partial charge in [-0.15, -0.1) is 12.4 Å². The number of hydrogen-bond donors (Lipinski definition) is 2. The van der Waals surface area contributed by atoms with Crippen molar-refractivity contribution in [1.29, 1.82) is 0 Å². The minimum absolute atomic E-state index is 0. The molecular formula is C19H30ClN3O3S. The number of rotatable bonds is 8. The van der Waals surface area contributed by atoms with Crippen LogP contribution in [0.2, 0.25) is 0 Å². The van der Waals surface area contributed by atoms with Crippen molar-refractivity contribution < 1.29 is 13.2 Å². The van der Waals surface area contributed by atoms with Gasteiger partial charge in [-0.3, -0.25) is 4.79 Å². The highest BCUT2D eigenvalue weighted by atomic mass is 35.5. The third kappa shape index (κ3) is 6.45. The molecule has 6 nitrogen and oxygen atoms in total. The number of nitrogens with one attached hydrogen (secondary N) is 2. The third-order valence-electron chi connectivity index (χ3n) is 5.37. The van der Waals surface area contributed by atoms with Gasteiger partial charge < -0.3 is 10.2 Å². The number of likely N-dealkylation sites (tertiary alicyclic amines) is 1. The minimum atomic E-state index is -3.41. The van der Waals surface area contributed by atoms with Crippen LogP contribution >= 0.6 is 12.4 Å². The summed E-state index contributed by atoms with van der Waals surface area (Å²) >= 11 is 0. The zero-order chi connectivity index (χ0) is 18.6. The first-order valence-electron chi connectivity index (χ1n) is 9.51. The molecule has 2 aliphatic rings. The van der Waals surface area contributed by atoms with Gasteiger partial charge in [0.25, 0.3) is 0 Å². The van der Waals surface area contributed by atoms with Gasteiger partial charge in [0.05, 0.1) is 4.90 Å². The molecule has 0 spiro atoms. The lowest BCUT2D eigenvalue weighted by Gasteiger charge is -2.32. The number of sulfonamides is 1. The quantitative estimate of drug-likeness (QED) is 0.680. The van der Waals surface area contributed by atoms with Crippen LogP contribution in [0, 0.1) is 5.92 Å². The van der Waals surface area contributed by atoms with Crippen LogP contribution in [0.1, 0.15) is 37.7 Å². The maximum atomic E-state index is 12.4. The van der Waals surface area contributed by atoms with Gasteiger partial charge in [-0.05, 0) is 69.3 Å². The second-order valence-electron chi connectivity index (χ2n) is 7.36. The normalized spacial score (nSPS) is 18.2. The average molecular weight is 416 g/mol. The fourth-order valence-electron chi connectivity index (χ4n) is 3.35. The summed E-state index contributed by atoms with van der Waals surface area (Å²) in [5, 5.41) is 3.63. The van der Waals surface area contributed by atoms with Crippen LogP contribution in [0.5, 0.6) is 0 Å². The standard InChI is InChI=1S/C19H29N3O3S.ClH/c1-20-26(24,25)18-7-4-15(5-8-18)6-9-19(23)22-12-10-17(11-13-22)21-14-16-2-3-16;/h4-5,7-8,16-17,20-21H,2-3,6,9-14H2,1H3;1H. The number of carbonyl (C=O) groups excluding carboxylic acids is 1. The maximum Gasteiger partial charge on any atom is 0.240 e. The van der Waals surface area contributed by atoms with E-state index in [0.29, 0.717) is 18.9 Å². The number of halogens is 1. The van der Waals surface area contributed by atoms with Crippen molar-refractivity contribution in [3.63, 3.8) is 0 Å². The molecule has 3 rings (SSSR count). The molecule has 1 heterocycles. The van der Waals surface area contributed by atoms with Gasteiger partial charge >= 0.3 is 0 Å². The van der Waals surface area contributed by atoms with Crippen LogP contribution < -0.4 is 10.0 Å². The Bertz CT molecular complexity index is 712. The van der Waals surface area contributed by atoms with Crippen molar-refractivity contribution in [2.45, 2.75) is 49.5 Å². The SMILES string of the molecule is CNS(=O)(=O)c1ccc(CCC(=O)N2CCC(NCC3CC3)CC2)cc1.Cl. The van der Waals surface area contributed by atoms with Crippen molar-refractivity contribution in [2.75, 3.05) is 26.7 Å². The lowest BCUT2D eigenvalue weighted by atomic mass is 10.0. The molecule has 0 atom stereocenters. The molecule has 2 fully saturated rings. The Labute approximate surface area is 168 Å². The first-order valence-corrected chi connectivity index (χ1v) is 11.0. The van der Waals surface area contributed by atoms with Crippen LogP contribution in [0.3, 0.4) is 0 Å². The number of aryl methyl sites for hydroxylation is 1. The topological polar surface area (TPSA) is 78.5 Å². The van der Waals surface area contributed by atoms with Gasteiger partial charge in [-0.1, -0.05) is 12.1 Å². The summed E-state index contributed by atoms with van der Waals surface area (Å²) in [7, 11) is -2.01. The molecular weight excluding hydrogens is 386 g/mol. The number of benzene rings is 1. The Morgan fingerprint density at radius 1 is 1.11 bits per heavy atom. The van der Waals surface area contributed by atoms with E-state index in [4.69, 9.17) is 0 Å². The van der Waals surface area contributed by atoms with E-state index >= 15 is 0 Å². The molecule has 1 amide bonds. The molecule has 1 saturated carbocycles. The van der Waals surface area contributed by atoms with E-state index in [1.807, 2.05) is 4.90 Å². The van der Waals surface area contributed by atoms with Crippen LogP contribution in [-0.4, -0.2) is 51.9 Å². The Morgan fingerprint density at radius 3 is 2.30 bits per heavy atom. The van der Waals surface area contributed by atoms with Gasteiger partial charge in [-0.25, -0.2) is 13.1 Å². The summed E-state index contributed by atoms with van der Waals surface area (Å²) in [5.74, 6) is 1.08. The number of carbonyl (C=O) groups is 1. The maximum absolute atomic E-state index is 12.4. The van der Waals surface area contributed by atoms with Crippen molar-refractivity contribution in [1.82, 2.24) is 14.9 Å². The lowest BCUT2D eigenvalue weighted by Crippen LogP contribution is -2.45. The van der Waals surface area contributed by atoms with Gasteiger partial charge in [0.15, 0.2) is 0 Å². The first-order chi connectivity index (χ1) is 12.5. The predicted molar refractivity (Wildman–Crippen MR) is 109 cm³/mol. The largest absolute Gasteiger partial charge is 0.343 e. The summed E-state index contributed by atoms with van der Waals surface area (Å²) in [4.78, 5) is 14.6. The molecule has 1 aromatic carbocycles. The summed E-state index contributed by atoms with van der Waals surface area (Å²) < 4.78 is 25.7. The van der Waals surface area contributed by atoms with E-state index in [1.54, 1.807) is 24.3 Å². The van der Waals surface area contributed by atoms with E-state index in [2.05, 4.69) is 10.0 Å². The van der Waals surface area contributed by atoms with Crippen molar-refractivity contribution in [3.05, 3.63) is 29.8 Å². The number of amides is 1. The van der Waals surface area contributed by atoms with E-state index in [1.165, 1.54) is 19.9 Å². The molecule has 0 radical (unpaired) electrons. The van der Waals surface area contributed by atoms with Crippen molar-refractivity contribution in [2.24, 2.45) is 5.92 Å². The molecule has 1 aromatic rings. The highest BCUT2D eigenvalue weighted by Gasteiger charge is 2.25. The van der Waals surface area contributed by atoms with Crippen LogP contribution in [0.15, 0.2) is 29.2 Å². The van der Waals surface area contributed by atoms with Crippen LogP contribution in [-0.2, 0) is 21.2 Å². The van der Waals surface area contributed by atoms with Gasteiger partial charge in [0.1, 0.15) is 0 Å². The molecule has 0 bridgehead atoms. The van der Waals surface area contributed by atoms with E-state index in [9.17, 15) is 13.2 Å². The summed E-state index contributed by atoms with van der Waals surface area (Å²) in [6.07, 6.45) is 5.92. The van der Waals surface area contributed by atoms with Gasteiger partial charge in [0, 0.05) is 25.6 Å². The number of hydrogen-bond acceptors (Lipinski definition) is 4. The summed E-state index contributed by atoms with van der Waals surface area (Å²) in [6.45, 7) is 2.80. The monoisotopic (exact) mass is 415 g/mol.